The number of aryl methyl sites for hydroxylation is 1. The van der Waals surface area contributed by atoms with E-state index in [1.54, 1.807) is 30.1 Å². The standard InChI is InChI=1S/C10H11BrN4O2/c1-6(8-5-9(11)14-17-8)12-10(16)7-3-4-15(2)13-7/h3-6H,1-2H3,(H,12,16)/t6-/m1/s1. The molecule has 1 N–H and O–H groups in total. The lowest BCUT2D eigenvalue weighted by Gasteiger charge is -2.08. The van der Waals surface area contributed by atoms with Crippen LogP contribution in [0.1, 0.15) is 29.2 Å². The van der Waals surface area contributed by atoms with Gasteiger partial charge in [-0.25, -0.2) is 0 Å². The smallest absolute Gasteiger partial charge is 0.272 e. The van der Waals surface area contributed by atoms with Gasteiger partial charge in [-0.1, -0.05) is 5.16 Å². The molecule has 17 heavy (non-hydrogen) atoms. The van der Waals surface area contributed by atoms with E-state index in [-0.39, 0.29) is 11.9 Å². The zero-order valence-electron chi connectivity index (χ0n) is 9.35. The first-order valence-corrected chi connectivity index (χ1v) is 5.78. The number of rotatable bonds is 3. The van der Waals surface area contributed by atoms with Gasteiger partial charge in [0.25, 0.3) is 5.91 Å². The Hall–Kier alpha value is -1.63. The van der Waals surface area contributed by atoms with Crippen LogP contribution in [0.5, 0.6) is 0 Å². The summed E-state index contributed by atoms with van der Waals surface area (Å²) in [4.78, 5) is 11.8. The van der Waals surface area contributed by atoms with Crippen LogP contribution in [0.3, 0.4) is 0 Å². The largest absolute Gasteiger partial charge is 0.358 e. The molecule has 0 bridgehead atoms. The van der Waals surface area contributed by atoms with Crippen LogP contribution in [0.15, 0.2) is 27.5 Å². The van der Waals surface area contributed by atoms with Gasteiger partial charge >= 0.3 is 0 Å². The molecule has 2 aromatic rings. The van der Waals surface area contributed by atoms with Gasteiger partial charge in [0, 0.05) is 19.3 Å². The lowest BCUT2D eigenvalue weighted by molar-refractivity contribution is 0.0928. The Bertz CT molecular complexity index is 534. The fraction of sp³-hybridized carbons (Fsp3) is 0.300. The maximum atomic E-state index is 11.8. The highest BCUT2D eigenvalue weighted by Gasteiger charge is 2.16. The normalized spacial score (nSPS) is 12.4. The lowest BCUT2D eigenvalue weighted by Crippen LogP contribution is -2.26. The molecule has 2 heterocycles. The van der Waals surface area contributed by atoms with E-state index in [1.165, 1.54) is 0 Å². The number of halogens is 1. The van der Waals surface area contributed by atoms with Gasteiger partial charge in [0.05, 0.1) is 6.04 Å². The van der Waals surface area contributed by atoms with Gasteiger partial charge in [0.2, 0.25) is 0 Å². The van der Waals surface area contributed by atoms with Crippen LogP contribution in [0.25, 0.3) is 0 Å². The molecule has 1 atom stereocenters. The van der Waals surface area contributed by atoms with E-state index >= 15 is 0 Å². The van der Waals surface area contributed by atoms with E-state index < -0.39 is 0 Å². The fourth-order valence-electron chi connectivity index (χ4n) is 1.35. The summed E-state index contributed by atoms with van der Waals surface area (Å²) in [6.07, 6.45) is 1.71. The number of hydrogen-bond acceptors (Lipinski definition) is 4. The van der Waals surface area contributed by atoms with Crippen LogP contribution in [0.4, 0.5) is 0 Å². The minimum absolute atomic E-state index is 0.245. The zero-order valence-corrected chi connectivity index (χ0v) is 10.9. The van der Waals surface area contributed by atoms with E-state index in [2.05, 4.69) is 31.5 Å². The highest BCUT2D eigenvalue weighted by atomic mass is 79.9. The second-order valence-corrected chi connectivity index (χ2v) is 4.43. The van der Waals surface area contributed by atoms with Gasteiger partial charge in [0.1, 0.15) is 10.3 Å². The van der Waals surface area contributed by atoms with Crippen LogP contribution < -0.4 is 5.32 Å². The minimum Gasteiger partial charge on any atom is -0.358 e. The average molecular weight is 299 g/mol. The highest BCUT2D eigenvalue weighted by Crippen LogP contribution is 2.17. The first-order valence-electron chi connectivity index (χ1n) is 4.99. The van der Waals surface area contributed by atoms with E-state index in [0.717, 1.165) is 0 Å². The summed E-state index contributed by atoms with van der Waals surface area (Å²) in [5.41, 5.74) is 0.373. The van der Waals surface area contributed by atoms with Gasteiger partial charge in [-0.2, -0.15) is 5.10 Å². The topological polar surface area (TPSA) is 73.0 Å². The second-order valence-electron chi connectivity index (χ2n) is 3.62. The van der Waals surface area contributed by atoms with Crippen molar-refractivity contribution in [1.82, 2.24) is 20.3 Å². The van der Waals surface area contributed by atoms with E-state index in [0.29, 0.717) is 16.1 Å². The van der Waals surface area contributed by atoms with Gasteiger partial charge in [0.15, 0.2) is 5.76 Å². The summed E-state index contributed by atoms with van der Waals surface area (Å²) in [5, 5.41) is 10.5. The molecule has 0 aliphatic carbocycles. The number of carbonyl (C=O) groups is 1. The van der Waals surface area contributed by atoms with Crippen molar-refractivity contribution < 1.29 is 9.32 Å². The number of hydrogen-bond donors (Lipinski definition) is 1. The monoisotopic (exact) mass is 298 g/mol. The molecule has 0 aromatic carbocycles. The van der Waals surface area contributed by atoms with Crippen molar-refractivity contribution in [2.75, 3.05) is 0 Å². The Morgan fingerprint density at radius 2 is 2.41 bits per heavy atom. The molecule has 0 spiro atoms. The molecule has 0 aliphatic heterocycles. The van der Waals surface area contributed by atoms with Crippen molar-refractivity contribution in [3.05, 3.63) is 34.4 Å². The predicted molar refractivity (Wildman–Crippen MR) is 63.3 cm³/mol. The Labute approximate surface area is 106 Å². The van der Waals surface area contributed by atoms with Crippen LogP contribution >= 0.6 is 15.9 Å². The van der Waals surface area contributed by atoms with Crippen LogP contribution in [0.2, 0.25) is 0 Å². The Morgan fingerprint density at radius 1 is 1.65 bits per heavy atom. The van der Waals surface area contributed by atoms with Crippen molar-refractivity contribution in [3.8, 4) is 0 Å². The number of carbonyl (C=O) groups excluding carboxylic acids is 1. The average Bonchev–Trinajstić information content (AvgIpc) is 2.87. The minimum atomic E-state index is -0.261. The molecule has 2 rings (SSSR count). The molecule has 0 fully saturated rings. The first-order chi connectivity index (χ1) is 8.06. The Morgan fingerprint density at radius 3 is 2.94 bits per heavy atom. The molecule has 90 valence electrons. The first kappa shape index (κ1) is 11.8. The molecule has 1 amide bonds. The van der Waals surface area contributed by atoms with Crippen molar-refractivity contribution in [2.24, 2.45) is 7.05 Å². The Balaban J connectivity index is 2.04. The number of amides is 1. The van der Waals surface area contributed by atoms with Crippen molar-refractivity contribution in [3.63, 3.8) is 0 Å². The summed E-state index contributed by atoms with van der Waals surface area (Å²) in [7, 11) is 1.76. The molecule has 6 nitrogen and oxygen atoms in total. The van der Waals surface area contributed by atoms with Gasteiger partial charge < -0.3 is 9.84 Å². The molecular formula is C10H11BrN4O2. The SMILES string of the molecule is C[C@@H](NC(=O)c1ccn(C)n1)c1cc(Br)no1. The summed E-state index contributed by atoms with van der Waals surface area (Å²) in [6.45, 7) is 1.81. The molecule has 7 heteroatoms. The van der Waals surface area contributed by atoms with Crippen molar-refractivity contribution in [2.45, 2.75) is 13.0 Å². The van der Waals surface area contributed by atoms with Crippen molar-refractivity contribution >= 4 is 21.8 Å². The molecule has 0 radical (unpaired) electrons. The molecule has 0 saturated heterocycles. The number of aromatic nitrogens is 3. The van der Waals surface area contributed by atoms with Crippen LogP contribution in [0, 0.1) is 0 Å². The molecule has 2 aromatic heterocycles. The maximum absolute atomic E-state index is 11.8. The third kappa shape index (κ3) is 2.73. The summed E-state index contributed by atoms with van der Waals surface area (Å²) in [6, 6.07) is 3.10. The summed E-state index contributed by atoms with van der Waals surface area (Å²) >= 11 is 3.18. The third-order valence-corrected chi connectivity index (χ3v) is 2.59. The van der Waals surface area contributed by atoms with Crippen molar-refractivity contribution in [1.29, 1.82) is 0 Å². The van der Waals surface area contributed by atoms with Crippen LogP contribution in [-0.4, -0.2) is 20.8 Å². The maximum Gasteiger partial charge on any atom is 0.272 e. The summed E-state index contributed by atoms with van der Waals surface area (Å²) < 4.78 is 7.21. The molecular weight excluding hydrogens is 288 g/mol. The third-order valence-electron chi connectivity index (χ3n) is 2.22. The predicted octanol–water partition coefficient (Wildman–Crippen LogP) is 1.66. The number of nitrogens with one attached hydrogen (secondary N) is 1. The number of nitrogens with zero attached hydrogens (tertiary/aromatic N) is 3. The second kappa shape index (κ2) is 4.70. The Kier molecular flexibility index (Phi) is 3.28. The molecule has 0 aliphatic rings. The van der Waals surface area contributed by atoms with Gasteiger partial charge in [-0.15, -0.1) is 0 Å². The van der Waals surface area contributed by atoms with E-state index in [1.807, 2.05) is 6.92 Å². The molecule has 0 unspecified atom stereocenters. The summed E-state index contributed by atoms with van der Waals surface area (Å²) in [5.74, 6) is 0.340. The fourth-order valence-corrected chi connectivity index (χ4v) is 1.65. The quantitative estimate of drug-likeness (QED) is 0.935. The van der Waals surface area contributed by atoms with Gasteiger partial charge in [-0.05, 0) is 28.9 Å². The molecule has 0 saturated carbocycles. The lowest BCUT2D eigenvalue weighted by atomic mass is 10.2. The highest BCUT2D eigenvalue weighted by molar-refractivity contribution is 9.10. The van der Waals surface area contributed by atoms with Gasteiger partial charge in [-0.3, -0.25) is 9.48 Å². The van der Waals surface area contributed by atoms with Crippen LogP contribution in [-0.2, 0) is 7.05 Å². The zero-order chi connectivity index (χ0) is 12.4. The van der Waals surface area contributed by atoms with E-state index in [9.17, 15) is 4.79 Å². The van der Waals surface area contributed by atoms with E-state index in [4.69, 9.17) is 4.52 Å².